The van der Waals surface area contributed by atoms with Gasteiger partial charge in [-0.15, -0.1) is 0 Å². The fraction of sp³-hybridized carbons (Fsp3) is 0.600. The zero-order valence-corrected chi connectivity index (χ0v) is 11.6. The van der Waals surface area contributed by atoms with Crippen LogP contribution in [-0.2, 0) is 11.2 Å². The summed E-state index contributed by atoms with van der Waals surface area (Å²) in [5, 5.41) is 0. The van der Waals surface area contributed by atoms with Crippen LogP contribution in [0.2, 0.25) is 0 Å². The second kappa shape index (κ2) is 6.87. The topological polar surface area (TPSA) is 38.5 Å². The van der Waals surface area contributed by atoms with Gasteiger partial charge >= 0.3 is 0 Å². The minimum Gasteiger partial charge on any atom is -0.384 e. The van der Waals surface area contributed by atoms with Crippen LogP contribution in [0.1, 0.15) is 18.4 Å². The number of nitrogens with two attached hydrogens (primary N) is 1. The molecule has 4 heteroatoms. The maximum absolute atomic E-state index is 14.1. The average Bonchev–Trinajstić information content (AvgIpc) is 2.41. The quantitative estimate of drug-likeness (QED) is 0.888. The highest BCUT2D eigenvalue weighted by Gasteiger charge is 2.22. The first kappa shape index (κ1) is 14.3. The van der Waals surface area contributed by atoms with Crippen LogP contribution < -0.4 is 10.6 Å². The minimum absolute atomic E-state index is 0.129. The molecule has 0 aromatic heterocycles. The number of methoxy groups -OCH3 is 1. The summed E-state index contributed by atoms with van der Waals surface area (Å²) in [4.78, 5) is 2.16. The summed E-state index contributed by atoms with van der Waals surface area (Å²) in [5.74, 6) is 0.474. The molecular weight excluding hydrogens is 243 g/mol. The van der Waals surface area contributed by atoms with Crippen LogP contribution in [0, 0.1) is 11.7 Å². The monoisotopic (exact) mass is 266 g/mol. The van der Waals surface area contributed by atoms with E-state index in [1.807, 2.05) is 6.07 Å². The van der Waals surface area contributed by atoms with Gasteiger partial charge < -0.3 is 15.4 Å². The van der Waals surface area contributed by atoms with Gasteiger partial charge in [0.05, 0.1) is 5.69 Å². The number of piperidine rings is 1. The molecule has 1 aromatic rings. The Hall–Kier alpha value is -1.13. The fourth-order valence-electron chi connectivity index (χ4n) is 2.83. The van der Waals surface area contributed by atoms with Crippen molar-refractivity contribution in [2.24, 2.45) is 11.7 Å². The number of para-hydroxylation sites is 1. The van der Waals surface area contributed by atoms with Crippen LogP contribution in [0.4, 0.5) is 10.1 Å². The van der Waals surface area contributed by atoms with Crippen molar-refractivity contribution >= 4 is 5.69 Å². The minimum atomic E-state index is -0.129. The molecule has 0 saturated carbocycles. The van der Waals surface area contributed by atoms with E-state index in [4.69, 9.17) is 10.5 Å². The second-order valence-corrected chi connectivity index (χ2v) is 5.17. The number of hydrogen-bond acceptors (Lipinski definition) is 3. The van der Waals surface area contributed by atoms with Crippen LogP contribution in [0.15, 0.2) is 18.2 Å². The van der Waals surface area contributed by atoms with E-state index < -0.39 is 0 Å². The van der Waals surface area contributed by atoms with Gasteiger partial charge in [-0.3, -0.25) is 0 Å². The number of nitrogens with zero attached hydrogens (tertiary/aromatic N) is 1. The highest BCUT2D eigenvalue weighted by molar-refractivity contribution is 5.55. The number of ether oxygens (including phenoxy) is 1. The molecule has 2 N–H and O–H groups in total. The SMILES string of the molecule is COCC1CCN(c2c(F)cccc2CCN)CC1. The molecule has 0 bridgehead atoms. The van der Waals surface area contributed by atoms with Gasteiger partial charge in [0.15, 0.2) is 0 Å². The fourth-order valence-corrected chi connectivity index (χ4v) is 2.83. The molecule has 3 nitrogen and oxygen atoms in total. The first-order valence-electron chi connectivity index (χ1n) is 6.97. The molecule has 106 valence electrons. The van der Waals surface area contributed by atoms with Crippen molar-refractivity contribution in [2.45, 2.75) is 19.3 Å². The zero-order chi connectivity index (χ0) is 13.7. The van der Waals surface area contributed by atoms with Gasteiger partial charge in [-0.2, -0.15) is 0 Å². The van der Waals surface area contributed by atoms with E-state index >= 15 is 0 Å². The van der Waals surface area contributed by atoms with E-state index in [0.29, 0.717) is 12.5 Å². The van der Waals surface area contributed by atoms with Crippen LogP contribution in [0.25, 0.3) is 0 Å². The average molecular weight is 266 g/mol. The highest BCUT2D eigenvalue weighted by Crippen LogP contribution is 2.29. The maximum Gasteiger partial charge on any atom is 0.146 e. The number of benzene rings is 1. The first-order chi connectivity index (χ1) is 9.26. The summed E-state index contributed by atoms with van der Waals surface area (Å²) in [6, 6.07) is 5.28. The highest BCUT2D eigenvalue weighted by atomic mass is 19.1. The smallest absolute Gasteiger partial charge is 0.146 e. The van der Waals surface area contributed by atoms with Gasteiger partial charge in [-0.25, -0.2) is 4.39 Å². The molecule has 0 amide bonds. The lowest BCUT2D eigenvalue weighted by Gasteiger charge is -2.34. The van der Waals surface area contributed by atoms with Crippen molar-refractivity contribution in [1.82, 2.24) is 0 Å². The Bertz CT molecular complexity index is 403. The summed E-state index contributed by atoms with van der Waals surface area (Å²) in [6.07, 6.45) is 2.85. The Labute approximate surface area is 114 Å². The Morgan fingerprint density at radius 1 is 1.37 bits per heavy atom. The number of rotatable bonds is 5. The van der Waals surface area contributed by atoms with Gasteiger partial charge in [0.2, 0.25) is 0 Å². The summed E-state index contributed by atoms with van der Waals surface area (Å²) >= 11 is 0. The molecule has 1 aliphatic heterocycles. The molecule has 1 saturated heterocycles. The summed E-state index contributed by atoms with van der Waals surface area (Å²) < 4.78 is 19.3. The van der Waals surface area contributed by atoms with Crippen molar-refractivity contribution < 1.29 is 9.13 Å². The maximum atomic E-state index is 14.1. The van der Waals surface area contributed by atoms with E-state index in [-0.39, 0.29) is 5.82 Å². The van der Waals surface area contributed by atoms with Crippen LogP contribution >= 0.6 is 0 Å². The molecule has 19 heavy (non-hydrogen) atoms. The van der Waals surface area contributed by atoms with Crippen LogP contribution in [0.5, 0.6) is 0 Å². The standard InChI is InChI=1S/C15H23FN2O/c1-19-11-12-6-9-18(10-7-12)15-13(5-8-17)3-2-4-14(15)16/h2-4,12H,5-11,17H2,1H3. The van der Waals surface area contributed by atoms with E-state index in [2.05, 4.69) is 4.90 Å². The van der Waals surface area contributed by atoms with Crippen molar-refractivity contribution in [3.63, 3.8) is 0 Å². The van der Waals surface area contributed by atoms with Crippen molar-refractivity contribution in [1.29, 1.82) is 0 Å². The predicted molar refractivity (Wildman–Crippen MR) is 76.0 cm³/mol. The molecule has 0 unspecified atom stereocenters. The molecule has 1 fully saturated rings. The molecule has 2 rings (SSSR count). The lowest BCUT2D eigenvalue weighted by atomic mass is 9.96. The third-order valence-electron chi connectivity index (χ3n) is 3.82. The second-order valence-electron chi connectivity index (χ2n) is 5.17. The van der Waals surface area contributed by atoms with Gasteiger partial charge in [0.1, 0.15) is 5.82 Å². The number of halogens is 1. The van der Waals surface area contributed by atoms with Crippen molar-refractivity contribution in [3.05, 3.63) is 29.6 Å². The number of anilines is 1. The van der Waals surface area contributed by atoms with Crippen LogP contribution in [0.3, 0.4) is 0 Å². The third-order valence-corrected chi connectivity index (χ3v) is 3.82. The van der Waals surface area contributed by atoms with E-state index in [9.17, 15) is 4.39 Å². The van der Waals surface area contributed by atoms with Crippen molar-refractivity contribution in [3.8, 4) is 0 Å². The lowest BCUT2D eigenvalue weighted by Crippen LogP contribution is -2.36. The molecule has 0 radical (unpaired) electrons. The summed E-state index contributed by atoms with van der Waals surface area (Å²) in [5.41, 5.74) is 7.39. The molecular formula is C15H23FN2O. The van der Waals surface area contributed by atoms with E-state index in [1.54, 1.807) is 13.2 Å². The molecule has 0 spiro atoms. The van der Waals surface area contributed by atoms with Crippen LogP contribution in [-0.4, -0.2) is 33.4 Å². The van der Waals surface area contributed by atoms with E-state index in [1.165, 1.54) is 6.07 Å². The Morgan fingerprint density at radius 3 is 2.74 bits per heavy atom. The van der Waals surface area contributed by atoms with Gasteiger partial charge in [-0.05, 0) is 43.4 Å². The van der Waals surface area contributed by atoms with Gasteiger partial charge in [0, 0.05) is 26.8 Å². The molecule has 1 aromatic carbocycles. The summed E-state index contributed by atoms with van der Waals surface area (Å²) in [6.45, 7) is 3.15. The Morgan fingerprint density at radius 2 is 2.11 bits per heavy atom. The first-order valence-corrected chi connectivity index (χ1v) is 6.97. The molecule has 0 atom stereocenters. The van der Waals surface area contributed by atoms with Gasteiger partial charge in [-0.1, -0.05) is 12.1 Å². The van der Waals surface area contributed by atoms with Crippen molar-refractivity contribution in [2.75, 3.05) is 38.3 Å². The molecule has 1 heterocycles. The van der Waals surface area contributed by atoms with Gasteiger partial charge in [0.25, 0.3) is 0 Å². The van der Waals surface area contributed by atoms with E-state index in [0.717, 1.165) is 50.2 Å². The zero-order valence-electron chi connectivity index (χ0n) is 11.6. The largest absolute Gasteiger partial charge is 0.384 e. The Kier molecular flexibility index (Phi) is 5.16. The third kappa shape index (κ3) is 3.45. The Balaban J connectivity index is 2.10. The lowest BCUT2D eigenvalue weighted by molar-refractivity contribution is 0.139. The predicted octanol–water partition coefficient (Wildman–Crippen LogP) is 2.19. The number of hydrogen-bond donors (Lipinski definition) is 1. The molecule has 1 aliphatic rings. The normalized spacial score (nSPS) is 16.9. The summed E-state index contributed by atoms with van der Waals surface area (Å²) in [7, 11) is 1.74. The molecule has 0 aliphatic carbocycles.